The van der Waals surface area contributed by atoms with Crippen molar-refractivity contribution in [3.63, 3.8) is 0 Å². The number of nitrogens with one attached hydrogen (secondary N) is 1. The smallest absolute Gasteiger partial charge is 0.406 e. The molecule has 158 valence electrons. The Kier molecular flexibility index (Phi) is 6.04. The van der Waals surface area contributed by atoms with Crippen molar-refractivity contribution in [1.29, 1.82) is 0 Å². The molecule has 1 aromatic carbocycles. The number of fused-ring (bicyclic) bond motifs is 1. The molecule has 0 fully saturated rings. The van der Waals surface area contributed by atoms with E-state index in [0.29, 0.717) is 10.9 Å². The predicted molar refractivity (Wildman–Crippen MR) is 99.6 cm³/mol. The standard InChI is InChI=1S/C19H17F3N4O4/c1-2-16(29)24-9-14-17-13(15(28)10-27)6-7-23-18(17)26(25-14)11-4-3-5-12(8-11)30-19(20,21)22/h2-8,15,27-28H,1,9-10H2,(H,24,29)/t15-/m1/s1. The summed E-state index contributed by atoms with van der Waals surface area (Å²) in [5.41, 5.74) is 1.02. The lowest BCUT2D eigenvalue weighted by atomic mass is 10.1. The van der Waals surface area contributed by atoms with Crippen molar-refractivity contribution in [2.75, 3.05) is 6.61 Å². The van der Waals surface area contributed by atoms with Crippen molar-refractivity contribution in [3.05, 3.63) is 60.4 Å². The largest absolute Gasteiger partial charge is 0.573 e. The summed E-state index contributed by atoms with van der Waals surface area (Å²) >= 11 is 0. The van der Waals surface area contributed by atoms with Gasteiger partial charge >= 0.3 is 6.36 Å². The fourth-order valence-corrected chi connectivity index (χ4v) is 2.87. The van der Waals surface area contributed by atoms with Gasteiger partial charge in [-0.05, 0) is 29.8 Å². The number of aliphatic hydroxyl groups is 2. The summed E-state index contributed by atoms with van der Waals surface area (Å²) < 4.78 is 42.9. The third-order valence-electron chi connectivity index (χ3n) is 4.12. The lowest BCUT2D eigenvalue weighted by Gasteiger charge is -2.11. The van der Waals surface area contributed by atoms with Crippen LogP contribution in [0.3, 0.4) is 0 Å². The molecule has 0 bridgehead atoms. The summed E-state index contributed by atoms with van der Waals surface area (Å²) in [5.74, 6) is -0.914. The Bertz CT molecular complexity index is 1080. The number of carbonyl (C=O) groups excluding carboxylic acids is 1. The zero-order valence-corrected chi connectivity index (χ0v) is 15.4. The lowest BCUT2D eigenvalue weighted by molar-refractivity contribution is -0.274. The van der Waals surface area contributed by atoms with Crippen LogP contribution in [0.15, 0.2) is 49.2 Å². The highest BCUT2D eigenvalue weighted by atomic mass is 19.4. The second-order valence-electron chi connectivity index (χ2n) is 6.12. The van der Waals surface area contributed by atoms with Crippen LogP contribution in [0.25, 0.3) is 16.7 Å². The summed E-state index contributed by atoms with van der Waals surface area (Å²) in [6, 6.07) is 6.61. The number of pyridine rings is 1. The first kappa shape index (κ1) is 21.3. The molecule has 0 aliphatic heterocycles. The van der Waals surface area contributed by atoms with Crippen molar-refractivity contribution < 1.29 is 32.9 Å². The highest BCUT2D eigenvalue weighted by molar-refractivity contribution is 5.88. The first-order valence-electron chi connectivity index (χ1n) is 8.65. The summed E-state index contributed by atoms with van der Waals surface area (Å²) in [4.78, 5) is 15.8. The molecule has 0 aliphatic carbocycles. The highest BCUT2D eigenvalue weighted by Gasteiger charge is 2.31. The van der Waals surface area contributed by atoms with Gasteiger partial charge in [0.1, 0.15) is 11.9 Å². The van der Waals surface area contributed by atoms with E-state index in [-0.39, 0.29) is 23.6 Å². The summed E-state index contributed by atoms with van der Waals surface area (Å²) in [5, 5.41) is 26.8. The monoisotopic (exact) mass is 422 g/mol. The van der Waals surface area contributed by atoms with Gasteiger partial charge in [-0.25, -0.2) is 9.67 Å². The molecule has 11 heteroatoms. The van der Waals surface area contributed by atoms with Gasteiger partial charge in [-0.15, -0.1) is 13.2 Å². The molecule has 0 spiro atoms. The maximum Gasteiger partial charge on any atom is 0.573 e. The van der Waals surface area contributed by atoms with Crippen molar-refractivity contribution in [2.24, 2.45) is 0 Å². The molecular formula is C19H17F3N4O4. The Hall–Kier alpha value is -3.44. The fraction of sp³-hybridized carbons (Fsp3) is 0.211. The molecule has 3 rings (SSSR count). The van der Waals surface area contributed by atoms with E-state index in [2.05, 4.69) is 26.7 Å². The number of ether oxygens (including phenoxy) is 1. The van der Waals surface area contributed by atoms with Crippen LogP contribution in [-0.4, -0.2) is 43.9 Å². The second-order valence-corrected chi connectivity index (χ2v) is 6.12. The van der Waals surface area contributed by atoms with Gasteiger partial charge < -0.3 is 20.3 Å². The van der Waals surface area contributed by atoms with Crippen molar-refractivity contribution in [2.45, 2.75) is 19.0 Å². The number of benzene rings is 1. The maximum atomic E-state index is 12.6. The molecule has 0 unspecified atom stereocenters. The van der Waals surface area contributed by atoms with Gasteiger partial charge in [-0.1, -0.05) is 12.6 Å². The first-order chi connectivity index (χ1) is 14.2. The number of amides is 1. The van der Waals surface area contributed by atoms with Crippen LogP contribution in [0.2, 0.25) is 0 Å². The Morgan fingerprint density at radius 1 is 1.37 bits per heavy atom. The molecule has 8 nitrogen and oxygen atoms in total. The minimum atomic E-state index is -4.86. The van der Waals surface area contributed by atoms with E-state index in [1.54, 1.807) is 0 Å². The normalized spacial score (nSPS) is 12.6. The molecule has 0 aliphatic rings. The number of halogens is 3. The minimum absolute atomic E-state index is 0.0655. The average Bonchev–Trinajstić information content (AvgIpc) is 3.09. The number of aliphatic hydroxyl groups excluding tert-OH is 2. The maximum absolute atomic E-state index is 12.6. The van der Waals surface area contributed by atoms with E-state index >= 15 is 0 Å². The summed E-state index contributed by atoms with van der Waals surface area (Å²) in [6.45, 7) is 2.72. The van der Waals surface area contributed by atoms with Gasteiger partial charge in [0, 0.05) is 12.3 Å². The molecule has 1 amide bonds. The molecule has 2 heterocycles. The molecular weight excluding hydrogens is 405 g/mol. The van der Waals surface area contributed by atoms with Crippen molar-refractivity contribution in [3.8, 4) is 11.4 Å². The minimum Gasteiger partial charge on any atom is -0.406 e. The first-order valence-corrected chi connectivity index (χ1v) is 8.65. The molecule has 3 aromatic rings. The van der Waals surface area contributed by atoms with Crippen LogP contribution in [0.5, 0.6) is 5.75 Å². The number of aromatic nitrogens is 3. The zero-order chi connectivity index (χ0) is 21.9. The van der Waals surface area contributed by atoms with Crippen LogP contribution >= 0.6 is 0 Å². The van der Waals surface area contributed by atoms with E-state index in [9.17, 15) is 28.2 Å². The van der Waals surface area contributed by atoms with E-state index in [4.69, 9.17) is 0 Å². The molecule has 0 saturated carbocycles. The number of rotatable bonds is 7. The van der Waals surface area contributed by atoms with E-state index in [1.165, 1.54) is 29.1 Å². The number of carbonyl (C=O) groups is 1. The molecule has 0 saturated heterocycles. The van der Waals surface area contributed by atoms with Gasteiger partial charge in [-0.2, -0.15) is 5.10 Å². The lowest BCUT2D eigenvalue weighted by Crippen LogP contribution is -2.20. The molecule has 1 atom stereocenters. The van der Waals surface area contributed by atoms with Gasteiger partial charge in [0.15, 0.2) is 5.65 Å². The Balaban J connectivity index is 2.15. The number of hydrogen-bond donors (Lipinski definition) is 3. The molecule has 30 heavy (non-hydrogen) atoms. The van der Waals surface area contributed by atoms with E-state index in [1.807, 2.05) is 0 Å². The van der Waals surface area contributed by atoms with E-state index in [0.717, 1.165) is 18.2 Å². The van der Waals surface area contributed by atoms with Gasteiger partial charge in [0.05, 0.1) is 29.9 Å². The van der Waals surface area contributed by atoms with Crippen molar-refractivity contribution >= 4 is 16.9 Å². The van der Waals surface area contributed by atoms with Gasteiger partial charge in [0.2, 0.25) is 5.91 Å². The second kappa shape index (κ2) is 8.51. The van der Waals surface area contributed by atoms with Crippen LogP contribution in [-0.2, 0) is 11.3 Å². The molecule has 3 N–H and O–H groups in total. The SMILES string of the molecule is C=CC(=O)NCc1nn(-c2cccc(OC(F)(F)F)c2)c2nccc([C@H](O)CO)c12. The Morgan fingerprint density at radius 2 is 2.13 bits per heavy atom. The fourth-order valence-electron chi connectivity index (χ4n) is 2.87. The third kappa shape index (κ3) is 4.58. The van der Waals surface area contributed by atoms with Crippen molar-refractivity contribution in [1.82, 2.24) is 20.1 Å². The quantitative estimate of drug-likeness (QED) is 0.504. The Morgan fingerprint density at radius 3 is 2.80 bits per heavy atom. The van der Waals surface area contributed by atoms with Crippen LogP contribution in [0.1, 0.15) is 17.4 Å². The molecule has 2 aromatic heterocycles. The summed E-state index contributed by atoms with van der Waals surface area (Å²) in [6.07, 6.45) is -3.67. The Labute approximate surface area is 168 Å². The summed E-state index contributed by atoms with van der Waals surface area (Å²) in [7, 11) is 0. The number of alkyl halides is 3. The van der Waals surface area contributed by atoms with Gasteiger partial charge in [-0.3, -0.25) is 4.79 Å². The topological polar surface area (TPSA) is 110 Å². The highest BCUT2D eigenvalue weighted by Crippen LogP contribution is 2.30. The predicted octanol–water partition coefficient (Wildman–Crippen LogP) is 2.15. The average molecular weight is 422 g/mol. The zero-order valence-electron chi connectivity index (χ0n) is 15.4. The van der Waals surface area contributed by atoms with E-state index < -0.39 is 30.7 Å². The molecule has 0 radical (unpaired) electrons. The van der Waals surface area contributed by atoms with Gasteiger partial charge in [0.25, 0.3) is 0 Å². The van der Waals surface area contributed by atoms with Crippen LogP contribution in [0, 0.1) is 0 Å². The van der Waals surface area contributed by atoms with Crippen LogP contribution in [0.4, 0.5) is 13.2 Å². The third-order valence-corrected chi connectivity index (χ3v) is 4.12. The number of hydrogen-bond acceptors (Lipinski definition) is 6. The van der Waals surface area contributed by atoms with Crippen LogP contribution < -0.4 is 10.1 Å². The number of nitrogens with zero attached hydrogens (tertiary/aromatic N) is 3.